The average Bonchev–Trinajstić information content (AvgIpc) is 3.50. The fourth-order valence-electron chi connectivity index (χ4n) is 3.95. The van der Waals surface area contributed by atoms with E-state index in [1.54, 1.807) is 37.0 Å². The van der Waals surface area contributed by atoms with Gasteiger partial charge in [0, 0.05) is 47.4 Å². The molecular formula is C23H20FN5O3S. The highest BCUT2D eigenvalue weighted by Gasteiger charge is 2.26. The molecule has 0 amide bonds. The number of pyridine rings is 1. The minimum absolute atomic E-state index is 0.315. The van der Waals surface area contributed by atoms with Gasteiger partial charge in [-0.2, -0.15) is 5.10 Å². The van der Waals surface area contributed by atoms with Gasteiger partial charge in [0.05, 0.1) is 22.9 Å². The first-order valence-corrected chi connectivity index (χ1v) is 11.7. The van der Waals surface area contributed by atoms with Crippen molar-refractivity contribution in [1.29, 1.82) is 0 Å². The zero-order chi connectivity index (χ0) is 23.3. The van der Waals surface area contributed by atoms with Crippen LogP contribution in [-0.2, 0) is 16.6 Å². The standard InChI is InChI=1S/C23H20FN5O3S/c1-4-28-12-17(11-26-28)18-13-29(33(30,31)21-8-6-5-7-19(21)24)20-9-16(10-25-23(18)20)22-14(2)27-32-15(22)3/h5-13H,4H2,1-3H3. The Morgan fingerprint density at radius 2 is 1.88 bits per heavy atom. The average molecular weight is 466 g/mol. The molecule has 0 fully saturated rings. The van der Waals surface area contributed by atoms with E-state index >= 15 is 0 Å². The van der Waals surface area contributed by atoms with Gasteiger partial charge in [-0.25, -0.2) is 16.8 Å². The fourth-order valence-corrected chi connectivity index (χ4v) is 5.37. The zero-order valence-electron chi connectivity index (χ0n) is 18.2. The van der Waals surface area contributed by atoms with Crippen molar-refractivity contribution in [1.82, 2.24) is 23.9 Å². The minimum atomic E-state index is -4.25. The van der Waals surface area contributed by atoms with E-state index in [1.807, 2.05) is 13.1 Å². The third kappa shape index (κ3) is 3.34. The van der Waals surface area contributed by atoms with Crippen LogP contribution in [0.3, 0.4) is 0 Å². The Hall–Kier alpha value is -3.79. The molecule has 0 aliphatic heterocycles. The molecule has 0 spiro atoms. The van der Waals surface area contributed by atoms with Crippen LogP contribution < -0.4 is 0 Å². The lowest BCUT2D eigenvalue weighted by Gasteiger charge is -2.09. The first-order chi connectivity index (χ1) is 15.8. The van der Waals surface area contributed by atoms with Crippen LogP contribution in [0.15, 0.2) is 64.5 Å². The van der Waals surface area contributed by atoms with Crippen LogP contribution in [0.5, 0.6) is 0 Å². The van der Waals surface area contributed by atoms with Crippen LogP contribution in [0.2, 0.25) is 0 Å². The van der Waals surface area contributed by atoms with E-state index in [4.69, 9.17) is 4.52 Å². The summed E-state index contributed by atoms with van der Waals surface area (Å²) in [6.45, 7) is 6.20. The van der Waals surface area contributed by atoms with E-state index in [2.05, 4.69) is 15.2 Å². The van der Waals surface area contributed by atoms with Gasteiger partial charge in [0.25, 0.3) is 10.0 Å². The number of aromatic nitrogens is 5. The molecule has 4 heterocycles. The number of rotatable bonds is 5. The van der Waals surface area contributed by atoms with Gasteiger partial charge in [0.15, 0.2) is 0 Å². The van der Waals surface area contributed by atoms with Crippen LogP contribution >= 0.6 is 0 Å². The van der Waals surface area contributed by atoms with E-state index in [-0.39, 0.29) is 0 Å². The van der Waals surface area contributed by atoms with Gasteiger partial charge in [-0.3, -0.25) is 9.67 Å². The van der Waals surface area contributed by atoms with Gasteiger partial charge in [-0.05, 0) is 39.0 Å². The Morgan fingerprint density at radius 1 is 1.09 bits per heavy atom. The minimum Gasteiger partial charge on any atom is -0.361 e. The predicted molar refractivity (Wildman–Crippen MR) is 121 cm³/mol. The van der Waals surface area contributed by atoms with Crippen LogP contribution in [0, 0.1) is 19.7 Å². The first-order valence-electron chi connectivity index (χ1n) is 10.3. The quantitative estimate of drug-likeness (QED) is 0.377. The van der Waals surface area contributed by atoms with E-state index in [0.29, 0.717) is 45.7 Å². The maximum absolute atomic E-state index is 14.5. The summed E-state index contributed by atoms with van der Waals surface area (Å²) in [5.74, 6) is -0.234. The van der Waals surface area contributed by atoms with Gasteiger partial charge in [0.1, 0.15) is 16.5 Å². The Bertz CT molecular complexity index is 1590. The fraction of sp³-hybridized carbons (Fsp3) is 0.174. The summed E-state index contributed by atoms with van der Waals surface area (Å²) >= 11 is 0. The monoisotopic (exact) mass is 465 g/mol. The molecule has 5 rings (SSSR count). The summed E-state index contributed by atoms with van der Waals surface area (Å²) in [4.78, 5) is 4.18. The second-order valence-corrected chi connectivity index (χ2v) is 9.43. The molecule has 8 nitrogen and oxygen atoms in total. The van der Waals surface area contributed by atoms with Crippen molar-refractivity contribution in [3.8, 4) is 22.3 Å². The SMILES string of the molecule is CCn1cc(-c2cn(S(=O)(=O)c3ccccc3F)c3cc(-c4c(C)noc4C)cnc23)cn1. The third-order valence-electron chi connectivity index (χ3n) is 5.57. The molecule has 10 heteroatoms. The van der Waals surface area contributed by atoms with Crippen LogP contribution in [0.4, 0.5) is 4.39 Å². The number of fused-ring (bicyclic) bond motifs is 1. The topological polar surface area (TPSA) is 95.8 Å². The Morgan fingerprint density at radius 3 is 2.55 bits per heavy atom. The van der Waals surface area contributed by atoms with Gasteiger partial charge < -0.3 is 4.52 Å². The Kier molecular flexibility index (Phi) is 4.89. The number of nitrogens with zero attached hydrogens (tertiary/aromatic N) is 5. The van der Waals surface area contributed by atoms with E-state index in [1.165, 1.54) is 24.4 Å². The van der Waals surface area contributed by atoms with Crippen molar-refractivity contribution >= 4 is 21.1 Å². The second kappa shape index (κ2) is 7.66. The number of hydrogen-bond donors (Lipinski definition) is 0. The molecular weight excluding hydrogens is 445 g/mol. The molecule has 4 aromatic heterocycles. The van der Waals surface area contributed by atoms with Crippen molar-refractivity contribution < 1.29 is 17.3 Å². The summed E-state index contributed by atoms with van der Waals surface area (Å²) in [6.07, 6.45) is 6.59. The molecule has 0 atom stereocenters. The maximum atomic E-state index is 14.5. The van der Waals surface area contributed by atoms with Crippen molar-refractivity contribution in [2.75, 3.05) is 0 Å². The summed E-state index contributed by atoms with van der Waals surface area (Å²) in [5.41, 5.74) is 4.11. The van der Waals surface area contributed by atoms with Crippen LogP contribution in [-0.4, -0.2) is 32.3 Å². The van der Waals surface area contributed by atoms with Gasteiger partial charge in [0.2, 0.25) is 0 Å². The van der Waals surface area contributed by atoms with Gasteiger partial charge >= 0.3 is 0 Å². The molecule has 0 aliphatic rings. The predicted octanol–water partition coefficient (Wildman–Crippen LogP) is 4.57. The van der Waals surface area contributed by atoms with E-state index in [9.17, 15) is 12.8 Å². The first kappa shape index (κ1) is 21.1. The lowest BCUT2D eigenvalue weighted by atomic mass is 10.1. The van der Waals surface area contributed by atoms with E-state index < -0.39 is 20.7 Å². The zero-order valence-corrected chi connectivity index (χ0v) is 19.0. The van der Waals surface area contributed by atoms with Crippen molar-refractivity contribution in [2.45, 2.75) is 32.2 Å². The lowest BCUT2D eigenvalue weighted by molar-refractivity contribution is 0.393. The summed E-state index contributed by atoms with van der Waals surface area (Å²) < 4.78 is 49.7. The summed E-state index contributed by atoms with van der Waals surface area (Å²) in [6, 6.07) is 7.02. The molecule has 0 saturated heterocycles. The highest BCUT2D eigenvalue weighted by Crippen LogP contribution is 2.35. The number of aryl methyl sites for hydroxylation is 3. The van der Waals surface area contributed by atoms with Gasteiger partial charge in [-0.15, -0.1) is 0 Å². The molecule has 5 aromatic rings. The Labute approximate surface area is 189 Å². The van der Waals surface area contributed by atoms with Crippen molar-refractivity contribution in [3.63, 3.8) is 0 Å². The van der Waals surface area contributed by atoms with E-state index in [0.717, 1.165) is 15.6 Å². The molecule has 0 radical (unpaired) electrons. The molecule has 0 saturated carbocycles. The molecule has 33 heavy (non-hydrogen) atoms. The molecule has 0 unspecified atom stereocenters. The number of benzene rings is 1. The third-order valence-corrected chi connectivity index (χ3v) is 7.28. The Balaban J connectivity index is 1.82. The van der Waals surface area contributed by atoms with Gasteiger partial charge in [-0.1, -0.05) is 17.3 Å². The second-order valence-electron chi connectivity index (χ2n) is 7.65. The molecule has 168 valence electrons. The number of hydrogen-bond acceptors (Lipinski definition) is 6. The van der Waals surface area contributed by atoms with Crippen LogP contribution in [0.1, 0.15) is 18.4 Å². The van der Waals surface area contributed by atoms with Crippen molar-refractivity contribution in [3.05, 3.63) is 72.4 Å². The molecule has 1 aromatic carbocycles. The maximum Gasteiger partial charge on any atom is 0.271 e. The smallest absolute Gasteiger partial charge is 0.271 e. The normalized spacial score (nSPS) is 12.0. The molecule has 0 N–H and O–H groups in total. The highest BCUT2D eigenvalue weighted by atomic mass is 32.2. The van der Waals surface area contributed by atoms with Crippen LogP contribution in [0.25, 0.3) is 33.3 Å². The number of halogens is 1. The molecule has 0 bridgehead atoms. The van der Waals surface area contributed by atoms with Crippen molar-refractivity contribution in [2.24, 2.45) is 0 Å². The highest BCUT2D eigenvalue weighted by molar-refractivity contribution is 7.90. The molecule has 0 aliphatic carbocycles. The lowest BCUT2D eigenvalue weighted by Crippen LogP contribution is -2.13. The summed E-state index contributed by atoms with van der Waals surface area (Å²) in [5, 5.41) is 8.27. The summed E-state index contributed by atoms with van der Waals surface area (Å²) in [7, 11) is -4.25. The largest absolute Gasteiger partial charge is 0.361 e.